The van der Waals surface area contributed by atoms with Gasteiger partial charge in [0.25, 0.3) is 0 Å². The third kappa shape index (κ3) is 3.52. The van der Waals surface area contributed by atoms with Gasteiger partial charge in [0.15, 0.2) is 0 Å². The van der Waals surface area contributed by atoms with Crippen molar-refractivity contribution < 1.29 is 9.53 Å². The maximum atomic E-state index is 11.7. The van der Waals surface area contributed by atoms with Crippen LogP contribution in [0.1, 0.15) is 36.5 Å². The molecule has 1 rings (SSSR count). The summed E-state index contributed by atoms with van der Waals surface area (Å²) in [5, 5.41) is 0. The molecule has 0 aliphatic heterocycles. The molecule has 4 heteroatoms. The van der Waals surface area contributed by atoms with Gasteiger partial charge in [-0.2, -0.15) is 0 Å². The number of hydrogen-bond donors (Lipinski definition) is 1. The summed E-state index contributed by atoms with van der Waals surface area (Å²) in [5.74, 6) is -0.352. The Morgan fingerprint density at radius 3 is 2.88 bits per heavy atom. The van der Waals surface area contributed by atoms with E-state index in [1.165, 1.54) is 0 Å². The van der Waals surface area contributed by atoms with E-state index < -0.39 is 0 Å². The van der Waals surface area contributed by atoms with Crippen molar-refractivity contribution in [3.05, 3.63) is 28.2 Å². The quantitative estimate of drug-likeness (QED) is 0.513. The molecule has 88 valence electrons. The number of benzene rings is 1. The molecule has 0 aliphatic carbocycles. The topological polar surface area (TPSA) is 52.3 Å². The molecule has 0 saturated heterocycles. The zero-order chi connectivity index (χ0) is 12.0. The van der Waals surface area contributed by atoms with E-state index in [1.54, 1.807) is 18.2 Å². The molecule has 3 nitrogen and oxygen atoms in total. The summed E-state index contributed by atoms with van der Waals surface area (Å²) in [6, 6.07) is 5.23. The fourth-order valence-electron chi connectivity index (χ4n) is 1.31. The van der Waals surface area contributed by atoms with Crippen LogP contribution in [0.15, 0.2) is 22.7 Å². The number of carbonyl (C=O) groups excluding carboxylic acids is 1. The van der Waals surface area contributed by atoms with Gasteiger partial charge in [-0.25, -0.2) is 4.79 Å². The van der Waals surface area contributed by atoms with Gasteiger partial charge in [0.1, 0.15) is 0 Å². The highest BCUT2D eigenvalue weighted by Gasteiger charge is 2.12. The maximum Gasteiger partial charge on any atom is 0.340 e. The summed E-state index contributed by atoms with van der Waals surface area (Å²) in [5.41, 5.74) is 6.62. The number of ether oxygens (including phenoxy) is 1. The van der Waals surface area contributed by atoms with Crippen molar-refractivity contribution in [2.45, 2.75) is 26.2 Å². The van der Waals surface area contributed by atoms with Crippen LogP contribution in [0.25, 0.3) is 0 Å². The Morgan fingerprint density at radius 2 is 2.19 bits per heavy atom. The van der Waals surface area contributed by atoms with Crippen molar-refractivity contribution in [3.63, 3.8) is 0 Å². The van der Waals surface area contributed by atoms with Crippen LogP contribution in [0.5, 0.6) is 0 Å². The first-order chi connectivity index (χ1) is 7.66. The van der Waals surface area contributed by atoms with Crippen LogP contribution >= 0.6 is 15.9 Å². The van der Waals surface area contributed by atoms with Gasteiger partial charge in [-0.1, -0.05) is 25.8 Å². The van der Waals surface area contributed by atoms with E-state index >= 15 is 0 Å². The van der Waals surface area contributed by atoms with Crippen LogP contribution in [0.4, 0.5) is 5.69 Å². The third-order valence-electron chi connectivity index (χ3n) is 2.25. The minimum absolute atomic E-state index is 0.352. The predicted molar refractivity (Wildman–Crippen MR) is 68.4 cm³/mol. The normalized spacial score (nSPS) is 10.1. The summed E-state index contributed by atoms with van der Waals surface area (Å²) in [7, 11) is 0. The lowest BCUT2D eigenvalue weighted by Gasteiger charge is -2.07. The fraction of sp³-hybridized carbons (Fsp3) is 0.417. The molecule has 0 saturated carbocycles. The summed E-state index contributed by atoms with van der Waals surface area (Å²) in [6.45, 7) is 2.56. The predicted octanol–water partition coefficient (Wildman–Crippen LogP) is 3.38. The van der Waals surface area contributed by atoms with E-state index in [1.807, 2.05) is 0 Å². The Labute approximate surface area is 104 Å². The molecular weight excluding hydrogens is 270 g/mol. The monoisotopic (exact) mass is 285 g/mol. The molecule has 16 heavy (non-hydrogen) atoms. The summed E-state index contributed by atoms with van der Waals surface area (Å²) < 4.78 is 5.84. The van der Waals surface area contributed by atoms with Crippen molar-refractivity contribution in [2.75, 3.05) is 12.3 Å². The number of rotatable bonds is 5. The molecule has 0 radical (unpaired) electrons. The largest absolute Gasteiger partial charge is 0.462 e. The number of anilines is 1. The molecule has 1 aromatic rings. The Kier molecular flexibility index (Phi) is 5.32. The Bertz CT molecular complexity index is 366. The van der Waals surface area contributed by atoms with Crippen molar-refractivity contribution in [1.29, 1.82) is 0 Å². The number of para-hydroxylation sites is 1. The summed E-state index contributed by atoms with van der Waals surface area (Å²) in [4.78, 5) is 11.7. The van der Waals surface area contributed by atoms with Gasteiger partial charge in [0, 0.05) is 4.47 Å². The zero-order valence-electron chi connectivity index (χ0n) is 9.33. The van der Waals surface area contributed by atoms with Gasteiger partial charge >= 0.3 is 5.97 Å². The van der Waals surface area contributed by atoms with Gasteiger partial charge < -0.3 is 10.5 Å². The number of esters is 1. The second-order valence-electron chi connectivity index (χ2n) is 3.54. The number of nitrogens with two attached hydrogens (primary N) is 1. The van der Waals surface area contributed by atoms with Crippen LogP contribution in [-0.4, -0.2) is 12.6 Å². The molecule has 1 aromatic carbocycles. The average Bonchev–Trinajstić information content (AvgIpc) is 2.28. The first-order valence-corrected chi connectivity index (χ1v) is 6.17. The number of hydrogen-bond acceptors (Lipinski definition) is 3. The second-order valence-corrected chi connectivity index (χ2v) is 4.40. The highest BCUT2D eigenvalue weighted by atomic mass is 79.9. The lowest BCUT2D eigenvalue weighted by Crippen LogP contribution is -2.09. The number of halogens is 1. The lowest BCUT2D eigenvalue weighted by atomic mass is 10.2. The van der Waals surface area contributed by atoms with Crippen LogP contribution in [0.3, 0.4) is 0 Å². The standard InChI is InChI=1S/C12H16BrNO2/c1-2-3-4-8-16-12(15)9-6-5-7-10(13)11(9)14/h5-7H,2-4,8,14H2,1H3. The van der Waals surface area contributed by atoms with E-state index in [-0.39, 0.29) is 5.97 Å². The second kappa shape index (κ2) is 6.53. The molecule has 0 spiro atoms. The molecule has 0 unspecified atom stereocenters. The minimum atomic E-state index is -0.352. The zero-order valence-corrected chi connectivity index (χ0v) is 10.9. The van der Waals surface area contributed by atoms with Crippen LogP contribution in [0.2, 0.25) is 0 Å². The number of nitrogen functional groups attached to an aromatic ring is 1. The Hall–Kier alpha value is -1.03. The first kappa shape index (κ1) is 13.0. The van der Waals surface area contributed by atoms with Crippen LogP contribution in [-0.2, 0) is 4.74 Å². The van der Waals surface area contributed by atoms with Gasteiger partial charge in [-0.3, -0.25) is 0 Å². The van der Waals surface area contributed by atoms with Crippen molar-refractivity contribution in [3.8, 4) is 0 Å². The molecule has 0 atom stereocenters. The Morgan fingerprint density at radius 1 is 1.44 bits per heavy atom. The number of unbranched alkanes of at least 4 members (excludes halogenated alkanes) is 2. The molecular formula is C12H16BrNO2. The molecule has 0 aliphatic rings. The highest BCUT2D eigenvalue weighted by molar-refractivity contribution is 9.10. The molecule has 0 heterocycles. The highest BCUT2D eigenvalue weighted by Crippen LogP contribution is 2.23. The van der Waals surface area contributed by atoms with Gasteiger partial charge in [0.05, 0.1) is 17.9 Å². The molecule has 0 fully saturated rings. The van der Waals surface area contributed by atoms with Gasteiger partial charge in [-0.05, 0) is 34.5 Å². The van der Waals surface area contributed by atoms with Crippen molar-refractivity contribution >= 4 is 27.6 Å². The summed E-state index contributed by atoms with van der Waals surface area (Å²) >= 11 is 3.27. The molecule has 2 N–H and O–H groups in total. The smallest absolute Gasteiger partial charge is 0.340 e. The minimum Gasteiger partial charge on any atom is -0.462 e. The lowest BCUT2D eigenvalue weighted by molar-refractivity contribution is 0.0499. The third-order valence-corrected chi connectivity index (χ3v) is 2.95. The van der Waals surface area contributed by atoms with Crippen LogP contribution < -0.4 is 5.73 Å². The van der Waals surface area contributed by atoms with E-state index in [9.17, 15) is 4.79 Å². The SMILES string of the molecule is CCCCCOC(=O)c1cccc(Br)c1N. The molecule has 0 amide bonds. The fourth-order valence-corrected chi connectivity index (χ4v) is 1.68. The average molecular weight is 286 g/mol. The van der Waals surface area contributed by atoms with E-state index in [0.717, 1.165) is 23.7 Å². The van der Waals surface area contributed by atoms with E-state index in [4.69, 9.17) is 10.5 Å². The van der Waals surface area contributed by atoms with Crippen molar-refractivity contribution in [2.24, 2.45) is 0 Å². The summed E-state index contributed by atoms with van der Waals surface area (Å²) in [6.07, 6.45) is 3.08. The van der Waals surface area contributed by atoms with Crippen molar-refractivity contribution in [1.82, 2.24) is 0 Å². The van der Waals surface area contributed by atoms with Gasteiger partial charge in [-0.15, -0.1) is 0 Å². The number of carbonyl (C=O) groups is 1. The molecule has 0 bridgehead atoms. The first-order valence-electron chi connectivity index (χ1n) is 5.38. The van der Waals surface area contributed by atoms with E-state index in [2.05, 4.69) is 22.9 Å². The van der Waals surface area contributed by atoms with Gasteiger partial charge in [0.2, 0.25) is 0 Å². The maximum absolute atomic E-state index is 11.7. The Balaban J connectivity index is 2.56. The van der Waals surface area contributed by atoms with Crippen LogP contribution in [0, 0.1) is 0 Å². The van der Waals surface area contributed by atoms with E-state index in [0.29, 0.717) is 17.9 Å². The molecule has 0 aromatic heterocycles.